The van der Waals surface area contributed by atoms with E-state index in [0.29, 0.717) is 29.0 Å². The van der Waals surface area contributed by atoms with E-state index in [-0.39, 0.29) is 23.0 Å². The number of hydrogen-bond acceptors (Lipinski definition) is 6. The highest BCUT2D eigenvalue weighted by atomic mass is 19.1. The Bertz CT molecular complexity index is 1140. The molecule has 1 saturated heterocycles. The van der Waals surface area contributed by atoms with Crippen molar-refractivity contribution >= 4 is 22.6 Å². The lowest BCUT2D eigenvalue weighted by Gasteiger charge is -2.18. The number of nitrogens with one attached hydrogen (secondary N) is 3. The zero-order chi connectivity index (χ0) is 21.3. The topological polar surface area (TPSA) is 103 Å². The maximum atomic E-state index is 14.9. The molecular weight excluding hydrogens is 387 g/mol. The fraction of sp³-hybridized carbons (Fsp3) is 0.333. The Hall–Kier alpha value is -3.33. The Morgan fingerprint density at radius 3 is 2.90 bits per heavy atom. The molecule has 1 aliphatic heterocycles. The van der Waals surface area contributed by atoms with Gasteiger partial charge in [0.2, 0.25) is 0 Å². The molecule has 3 N–H and O–H groups in total. The molecule has 0 radical (unpaired) electrons. The van der Waals surface area contributed by atoms with E-state index < -0.39 is 5.82 Å². The largest absolute Gasteiger partial charge is 0.380 e. The van der Waals surface area contributed by atoms with Gasteiger partial charge in [0.1, 0.15) is 16.9 Å². The Morgan fingerprint density at radius 1 is 1.33 bits per heavy atom. The summed E-state index contributed by atoms with van der Waals surface area (Å²) in [4.78, 5) is 36.4. The molecule has 9 heteroatoms. The molecule has 0 aliphatic carbocycles. The molecule has 30 heavy (non-hydrogen) atoms. The Kier molecular flexibility index (Phi) is 5.45. The number of anilines is 1. The van der Waals surface area contributed by atoms with Crippen molar-refractivity contribution in [3.8, 4) is 0 Å². The fourth-order valence-electron chi connectivity index (χ4n) is 3.69. The van der Waals surface area contributed by atoms with Crippen LogP contribution in [0.1, 0.15) is 28.2 Å². The molecule has 8 nitrogen and oxygen atoms in total. The number of hydrogen-bond donors (Lipinski definition) is 3. The highest BCUT2D eigenvalue weighted by Gasteiger charge is 2.24. The SMILES string of the molecule is CNC(=O)c1ccc(NC2CCN(Cc3ccc4nc(C)c(=O)[nH]c4c3F)C2)cn1. The van der Waals surface area contributed by atoms with Crippen LogP contribution in [0.15, 0.2) is 35.3 Å². The molecule has 0 bridgehead atoms. The minimum Gasteiger partial charge on any atom is -0.380 e. The van der Waals surface area contributed by atoms with Gasteiger partial charge in [-0.05, 0) is 31.5 Å². The van der Waals surface area contributed by atoms with E-state index >= 15 is 0 Å². The number of pyridine rings is 1. The third kappa shape index (κ3) is 4.02. The van der Waals surface area contributed by atoms with Crippen molar-refractivity contribution < 1.29 is 9.18 Å². The maximum absolute atomic E-state index is 14.9. The molecule has 3 aromatic rings. The van der Waals surface area contributed by atoms with Crippen LogP contribution < -0.4 is 16.2 Å². The molecule has 1 unspecified atom stereocenters. The normalized spacial score (nSPS) is 16.7. The lowest BCUT2D eigenvalue weighted by atomic mass is 10.1. The number of rotatable bonds is 5. The summed E-state index contributed by atoms with van der Waals surface area (Å²) >= 11 is 0. The molecular formula is C21H23FN6O2. The number of halogens is 1. The smallest absolute Gasteiger partial charge is 0.269 e. The number of likely N-dealkylation sites (tertiary alicyclic amines) is 1. The van der Waals surface area contributed by atoms with Crippen LogP contribution in [0.25, 0.3) is 11.0 Å². The number of amides is 1. The molecule has 0 spiro atoms. The van der Waals surface area contributed by atoms with Crippen molar-refractivity contribution in [1.82, 2.24) is 25.2 Å². The second-order valence-electron chi connectivity index (χ2n) is 7.46. The third-order valence-electron chi connectivity index (χ3n) is 5.32. The summed E-state index contributed by atoms with van der Waals surface area (Å²) < 4.78 is 14.9. The monoisotopic (exact) mass is 410 g/mol. The van der Waals surface area contributed by atoms with Gasteiger partial charge in [0.25, 0.3) is 11.5 Å². The van der Waals surface area contributed by atoms with Crippen molar-refractivity contribution in [3.63, 3.8) is 0 Å². The second-order valence-corrected chi connectivity index (χ2v) is 7.46. The van der Waals surface area contributed by atoms with E-state index in [1.54, 1.807) is 38.4 Å². The number of aryl methyl sites for hydroxylation is 1. The van der Waals surface area contributed by atoms with Crippen molar-refractivity contribution in [3.05, 3.63) is 63.6 Å². The lowest BCUT2D eigenvalue weighted by Crippen LogP contribution is -2.26. The summed E-state index contributed by atoms with van der Waals surface area (Å²) in [6, 6.07) is 7.17. The fourth-order valence-corrected chi connectivity index (χ4v) is 3.69. The summed E-state index contributed by atoms with van der Waals surface area (Å²) in [5.74, 6) is -0.653. The molecule has 1 aliphatic rings. The first kappa shape index (κ1) is 20.0. The van der Waals surface area contributed by atoms with Gasteiger partial charge >= 0.3 is 0 Å². The number of aromatic amines is 1. The number of carbonyl (C=O) groups is 1. The van der Waals surface area contributed by atoms with Crippen molar-refractivity contribution in [2.24, 2.45) is 0 Å². The molecule has 156 valence electrons. The minimum atomic E-state index is -0.428. The average molecular weight is 410 g/mol. The molecule has 4 rings (SSSR count). The molecule has 1 amide bonds. The number of fused-ring (bicyclic) bond motifs is 1. The first-order chi connectivity index (χ1) is 14.4. The molecule has 1 atom stereocenters. The van der Waals surface area contributed by atoms with Gasteiger partial charge in [-0.3, -0.25) is 14.5 Å². The average Bonchev–Trinajstić information content (AvgIpc) is 3.18. The molecule has 1 aromatic carbocycles. The standard InChI is InChI=1S/C21H23FN6O2/c1-12-20(29)27-19-16(25-12)5-3-13(18(19)22)10-28-8-7-15(11-28)26-14-4-6-17(24-9-14)21(30)23-2/h3-6,9,15,26H,7-8,10-11H2,1-2H3,(H,23,30)(H,27,29). The summed E-state index contributed by atoms with van der Waals surface area (Å²) in [6.07, 6.45) is 2.55. The first-order valence-electron chi connectivity index (χ1n) is 9.79. The van der Waals surface area contributed by atoms with E-state index in [0.717, 1.165) is 25.2 Å². The highest BCUT2D eigenvalue weighted by molar-refractivity contribution is 5.92. The highest BCUT2D eigenvalue weighted by Crippen LogP contribution is 2.22. The van der Waals surface area contributed by atoms with E-state index in [1.807, 2.05) is 6.07 Å². The number of benzene rings is 1. The van der Waals surface area contributed by atoms with Gasteiger partial charge in [0, 0.05) is 38.3 Å². The van der Waals surface area contributed by atoms with Crippen molar-refractivity contribution in [2.75, 3.05) is 25.5 Å². The van der Waals surface area contributed by atoms with Crippen LogP contribution in [0.4, 0.5) is 10.1 Å². The quantitative estimate of drug-likeness (QED) is 0.593. The van der Waals surface area contributed by atoms with E-state index in [1.165, 1.54) is 0 Å². The van der Waals surface area contributed by atoms with Crippen molar-refractivity contribution in [2.45, 2.75) is 25.9 Å². The number of aromatic nitrogens is 3. The van der Waals surface area contributed by atoms with Gasteiger partial charge in [-0.1, -0.05) is 6.07 Å². The van der Waals surface area contributed by atoms with Crippen LogP contribution in [0.5, 0.6) is 0 Å². The van der Waals surface area contributed by atoms with E-state index in [9.17, 15) is 14.0 Å². The number of H-pyrrole nitrogens is 1. The van der Waals surface area contributed by atoms with E-state index in [2.05, 4.69) is 30.5 Å². The summed E-state index contributed by atoms with van der Waals surface area (Å²) in [7, 11) is 1.57. The summed E-state index contributed by atoms with van der Waals surface area (Å²) in [6.45, 7) is 3.62. The molecule has 1 fully saturated rings. The zero-order valence-electron chi connectivity index (χ0n) is 16.8. The van der Waals surface area contributed by atoms with Gasteiger partial charge in [0.05, 0.1) is 17.4 Å². The van der Waals surface area contributed by atoms with Gasteiger partial charge in [0.15, 0.2) is 5.82 Å². The van der Waals surface area contributed by atoms with Crippen molar-refractivity contribution in [1.29, 1.82) is 0 Å². The third-order valence-corrected chi connectivity index (χ3v) is 5.32. The summed E-state index contributed by atoms with van der Waals surface area (Å²) in [5.41, 5.74) is 2.28. The van der Waals surface area contributed by atoms with Crippen LogP contribution in [0, 0.1) is 12.7 Å². The Labute approximate surface area is 172 Å². The van der Waals surface area contributed by atoms with Crippen LogP contribution >= 0.6 is 0 Å². The van der Waals surface area contributed by atoms with Crippen LogP contribution in [-0.2, 0) is 6.54 Å². The van der Waals surface area contributed by atoms with Gasteiger partial charge in [-0.2, -0.15) is 0 Å². The van der Waals surface area contributed by atoms with Crippen LogP contribution in [0.3, 0.4) is 0 Å². The Balaban J connectivity index is 1.41. The predicted molar refractivity (Wildman–Crippen MR) is 112 cm³/mol. The molecule has 0 saturated carbocycles. The zero-order valence-corrected chi connectivity index (χ0v) is 16.8. The minimum absolute atomic E-state index is 0.152. The van der Waals surface area contributed by atoms with Crippen LogP contribution in [0.2, 0.25) is 0 Å². The molecule has 2 aromatic heterocycles. The van der Waals surface area contributed by atoms with Gasteiger partial charge < -0.3 is 15.6 Å². The first-order valence-corrected chi connectivity index (χ1v) is 9.79. The predicted octanol–water partition coefficient (Wildman–Crippen LogP) is 1.81. The number of carbonyl (C=O) groups excluding carboxylic acids is 1. The summed E-state index contributed by atoms with van der Waals surface area (Å²) in [5, 5.41) is 5.95. The van der Waals surface area contributed by atoms with E-state index in [4.69, 9.17) is 0 Å². The molecule has 3 heterocycles. The van der Waals surface area contributed by atoms with Gasteiger partial charge in [-0.25, -0.2) is 14.4 Å². The van der Waals surface area contributed by atoms with Gasteiger partial charge in [-0.15, -0.1) is 0 Å². The van der Waals surface area contributed by atoms with Crippen LogP contribution in [-0.4, -0.2) is 51.9 Å². The second kappa shape index (κ2) is 8.19. The Morgan fingerprint density at radius 2 is 2.17 bits per heavy atom. The lowest BCUT2D eigenvalue weighted by molar-refractivity contribution is 0.0958. The number of nitrogens with zero attached hydrogens (tertiary/aromatic N) is 3. The maximum Gasteiger partial charge on any atom is 0.269 e.